The van der Waals surface area contributed by atoms with Crippen LogP contribution in [0.3, 0.4) is 0 Å². The van der Waals surface area contributed by atoms with Crippen LogP contribution in [-0.4, -0.2) is 17.1 Å². The van der Waals surface area contributed by atoms with E-state index in [2.05, 4.69) is 18.2 Å². The summed E-state index contributed by atoms with van der Waals surface area (Å²) >= 11 is 1.33. The summed E-state index contributed by atoms with van der Waals surface area (Å²) in [5, 5.41) is 0.825. The van der Waals surface area contributed by atoms with Crippen LogP contribution in [-0.2, 0) is 4.74 Å². The molecule has 4 aromatic rings. The molecular formula is C26H24N2O2S. The number of nitrogens with two attached hydrogens (primary N) is 1. The van der Waals surface area contributed by atoms with E-state index in [1.54, 1.807) is 0 Å². The van der Waals surface area contributed by atoms with Gasteiger partial charge in [0.15, 0.2) is 0 Å². The number of anilines is 1. The summed E-state index contributed by atoms with van der Waals surface area (Å²) in [6.45, 7) is 0. The number of pyridine rings is 1. The lowest BCUT2D eigenvalue weighted by Crippen LogP contribution is -2.20. The third-order valence-corrected chi connectivity index (χ3v) is 6.94. The lowest BCUT2D eigenvalue weighted by Gasteiger charge is -2.21. The van der Waals surface area contributed by atoms with E-state index in [1.165, 1.54) is 17.8 Å². The van der Waals surface area contributed by atoms with Gasteiger partial charge in [0, 0.05) is 10.9 Å². The Kier molecular flexibility index (Phi) is 5.43. The van der Waals surface area contributed by atoms with Crippen LogP contribution in [0.25, 0.3) is 32.6 Å². The Morgan fingerprint density at radius 1 is 0.935 bits per heavy atom. The van der Waals surface area contributed by atoms with Crippen molar-refractivity contribution in [3.63, 3.8) is 0 Å². The predicted octanol–water partition coefficient (Wildman–Crippen LogP) is 6.70. The lowest BCUT2D eigenvalue weighted by molar-refractivity contribution is 0.0218. The molecule has 2 aromatic heterocycles. The van der Waals surface area contributed by atoms with Crippen molar-refractivity contribution in [1.82, 2.24) is 4.98 Å². The molecule has 1 fully saturated rings. The van der Waals surface area contributed by atoms with Gasteiger partial charge in [0.05, 0.1) is 11.4 Å². The van der Waals surface area contributed by atoms with Crippen LogP contribution >= 0.6 is 11.3 Å². The van der Waals surface area contributed by atoms with E-state index in [-0.39, 0.29) is 12.1 Å². The number of nitrogens with zero attached hydrogens (tertiary/aromatic N) is 1. The number of aromatic nitrogens is 1. The van der Waals surface area contributed by atoms with Crippen LogP contribution in [0.4, 0.5) is 5.69 Å². The Balaban J connectivity index is 1.63. The normalized spacial score (nSPS) is 14.6. The van der Waals surface area contributed by atoms with Crippen molar-refractivity contribution < 1.29 is 9.53 Å². The zero-order valence-electron chi connectivity index (χ0n) is 17.2. The van der Waals surface area contributed by atoms with Crippen molar-refractivity contribution in [2.24, 2.45) is 0 Å². The number of hydrogen-bond acceptors (Lipinski definition) is 5. The summed E-state index contributed by atoms with van der Waals surface area (Å²) in [5.41, 5.74) is 10.9. The fraction of sp³-hybridized carbons (Fsp3) is 0.231. The number of nitrogen functional groups attached to an aromatic ring is 1. The monoisotopic (exact) mass is 428 g/mol. The molecule has 0 saturated heterocycles. The number of rotatable bonds is 4. The van der Waals surface area contributed by atoms with Crippen molar-refractivity contribution in [2.75, 3.05) is 5.73 Å². The lowest BCUT2D eigenvalue weighted by atomic mass is 9.98. The first-order valence-electron chi connectivity index (χ1n) is 10.8. The third-order valence-electron chi connectivity index (χ3n) is 5.86. The highest BCUT2D eigenvalue weighted by Gasteiger charge is 2.25. The van der Waals surface area contributed by atoms with Crippen molar-refractivity contribution in [1.29, 1.82) is 0 Å². The maximum absolute atomic E-state index is 13.0. The Hall–Kier alpha value is -3.18. The maximum Gasteiger partial charge on any atom is 0.350 e. The van der Waals surface area contributed by atoms with Gasteiger partial charge in [-0.05, 0) is 42.9 Å². The van der Waals surface area contributed by atoms with Crippen LogP contribution < -0.4 is 5.73 Å². The van der Waals surface area contributed by atoms with Crippen LogP contribution in [0.1, 0.15) is 41.8 Å². The molecule has 4 nitrogen and oxygen atoms in total. The number of esters is 1. The molecule has 5 heteroatoms. The minimum absolute atomic E-state index is 0.00713. The molecular weight excluding hydrogens is 404 g/mol. The molecule has 2 aromatic carbocycles. The van der Waals surface area contributed by atoms with Gasteiger partial charge in [0.25, 0.3) is 0 Å². The molecule has 0 unspecified atom stereocenters. The minimum atomic E-state index is -0.326. The topological polar surface area (TPSA) is 65.2 Å². The smallest absolute Gasteiger partial charge is 0.350 e. The highest BCUT2D eigenvalue weighted by atomic mass is 32.1. The summed E-state index contributed by atoms with van der Waals surface area (Å²) in [6, 6.07) is 22.2. The van der Waals surface area contributed by atoms with Crippen molar-refractivity contribution in [3.8, 4) is 22.4 Å². The molecule has 156 valence electrons. The van der Waals surface area contributed by atoms with Gasteiger partial charge in [0.1, 0.15) is 15.8 Å². The predicted molar refractivity (Wildman–Crippen MR) is 127 cm³/mol. The Morgan fingerprint density at radius 2 is 1.58 bits per heavy atom. The molecule has 2 heterocycles. The van der Waals surface area contributed by atoms with Gasteiger partial charge in [-0.15, -0.1) is 11.3 Å². The summed E-state index contributed by atoms with van der Waals surface area (Å²) in [4.78, 5) is 19.1. The fourth-order valence-corrected chi connectivity index (χ4v) is 5.27. The van der Waals surface area contributed by atoms with Crippen LogP contribution in [0.15, 0.2) is 66.7 Å². The van der Waals surface area contributed by atoms with Gasteiger partial charge in [-0.1, -0.05) is 67.1 Å². The zero-order chi connectivity index (χ0) is 21.2. The van der Waals surface area contributed by atoms with Crippen LogP contribution in [0.2, 0.25) is 0 Å². The Labute approximate surface area is 185 Å². The first kappa shape index (κ1) is 19.8. The molecule has 1 aliphatic carbocycles. The Morgan fingerprint density at radius 3 is 2.26 bits per heavy atom. The second kappa shape index (κ2) is 8.52. The fourth-order valence-electron chi connectivity index (χ4n) is 4.26. The van der Waals surface area contributed by atoms with Crippen molar-refractivity contribution in [2.45, 2.75) is 38.2 Å². The van der Waals surface area contributed by atoms with Gasteiger partial charge in [-0.3, -0.25) is 0 Å². The number of carbonyl (C=O) groups is 1. The van der Waals surface area contributed by atoms with Crippen LogP contribution in [0.5, 0.6) is 0 Å². The van der Waals surface area contributed by atoms with Gasteiger partial charge < -0.3 is 10.5 Å². The summed E-state index contributed by atoms with van der Waals surface area (Å²) in [6.07, 6.45) is 5.29. The first-order chi connectivity index (χ1) is 15.2. The van der Waals surface area contributed by atoms with E-state index >= 15 is 0 Å². The highest BCUT2D eigenvalue weighted by Crippen LogP contribution is 2.41. The Bertz CT molecular complexity index is 1210. The zero-order valence-corrected chi connectivity index (χ0v) is 18.0. The number of ether oxygens (including phenoxy) is 1. The van der Waals surface area contributed by atoms with E-state index in [9.17, 15) is 4.79 Å². The third kappa shape index (κ3) is 3.93. The molecule has 0 bridgehead atoms. The van der Waals surface area contributed by atoms with E-state index in [4.69, 9.17) is 15.5 Å². The number of thiophene rings is 1. The van der Waals surface area contributed by atoms with E-state index < -0.39 is 0 Å². The molecule has 0 atom stereocenters. The molecule has 5 rings (SSSR count). The van der Waals surface area contributed by atoms with E-state index in [1.807, 2.05) is 48.5 Å². The second-order valence-corrected chi connectivity index (χ2v) is 8.98. The quantitative estimate of drug-likeness (QED) is 0.367. The summed E-state index contributed by atoms with van der Waals surface area (Å²) in [5.74, 6) is -0.326. The van der Waals surface area contributed by atoms with Gasteiger partial charge in [0.2, 0.25) is 0 Å². The van der Waals surface area contributed by atoms with E-state index in [0.29, 0.717) is 10.6 Å². The average molecular weight is 429 g/mol. The molecule has 0 radical (unpaired) electrons. The molecule has 0 amide bonds. The molecule has 0 aliphatic heterocycles. The molecule has 1 aliphatic rings. The number of fused-ring (bicyclic) bond motifs is 1. The summed E-state index contributed by atoms with van der Waals surface area (Å²) in [7, 11) is 0. The second-order valence-electron chi connectivity index (χ2n) is 7.98. The minimum Gasteiger partial charge on any atom is -0.458 e. The number of benzene rings is 2. The molecule has 1 saturated carbocycles. The first-order valence-corrected chi connectivity index (χ1v) is 11.6. The molecule has 0 spiro atoms. The van der Waals surface area contributed by atoms with Crippen molar-refractivity contribution >= 4 is 33.2 Å². The molecule has 31 heavy (non-hydrogen) atoms. The summed E-state index contributed by atoms with van der Waals surface area (Å²) < 4.78 is 5.81. The molecule has 2 N–H and O–H groups in total. The highest BCUT2D eigenvalue weighted by molar-refractivity contribution is 7.21. The average Bonchev–Trinajstić information content (AvgIpc) is 3.17. The van der Waals surface area contributed by atoms with Crippen molar-refractivity contribution in [3.05, 3.63) is 71.6 Å². The van der Waals surface area contributed by atoms with Crippen LogP contribution in [0, 0.1) is 0 Å². The van der Waals surface area contributed by atoms with Gasteiger partial charge in [-0.2, -0.15) is 0 Å². The SMILES string of the molecule is Nc1c(C(=O)OC2CCCCC2)sc2nc(-c3ccccc3)cc(-c3ccccc3)c12. The largest absolute Gasteiger partial charge is 0.458 e. The number of carbonyl (C=O) groups excluding carboxylic acids is 1. The standard InChI is InChI=1S/C26H24N2O2S/c27-23-22-20(17-10-4-1-5-11-17)16-21(18-12-6-2-7-13-18)28-25(22)31-24(23)26(29)30-19-14-8-3-9-15-19/h1-2,4-7,10-13,16,19H,3,8-9,14-15,27H2. The maximum atomic E-state index is 13.0. The van der Waals surface area contributed by atoms with Gasteiger partial charge >= 0.3 is 5.97 Å². The number of hydrogen-bond donors (Lipinski definition) is 1. The van der Waals surface area contributed by atoms with E-state index in [0.717, 1.165) is 58.3 Å². The van der Waals surface area contributed by atoms with Gasteiger partial charge in [-0.25, -0.2) is 9.78 Å².